The van der Waals surface area contributed by atoms with Crippen LogP contribution in [-0.2, 0) is 0 Å². The van der Waals surface area contributed by atoms with Crippen molar-refractivity contribution in [3.05, 3.63) is 52.2 Å². The molecule has 1 aromatic heterocycles. The van der Waals surface area contributed by atoms with Crippen molar-refractivity contribution in [3.63, 3.8) is 0 Å². The number of nitrogens with zero attached hydrogens (tertiary/aromatic N) is 1. The zero-order chi connectivity index (χ0) is 16.9. The zero-order valence-corrected chi connectivity index (χ0v) is 14.8. The molecule has 24 heavy (non-hydrogen) atoms. The monoisotopic (exact) mass is 344 g/mol. The van der Waals surface area contributed by atoms with E-state index in [0.717, 1.165) is 19.0 Å². The van der Waals surface area contributed by atoms with Crippen molar-refractivity contribution < 1.29 is 9.90 Å². The van der Waals surface area contributed by atoms with Crippen LogP contribution >= 0.6 is 11.3 Å². The number of aromatic hydroxyl groups is 1. The molecule has 5 heteroatoms. The molecule has 4 nitrogen and oxygen atoms in total. The SMILES string of the molecule is CC1CCN([C@@H](CNC(=O)c2ccccc2O)c2cccs2)CC1. The van der Waals surface area contributed by atoms with Gasteiger partial charge in [0.2, 0.25) is 0 Å². The number of nitrogens with one attached hydrogen (secondary N) is 1. The van der Waals surface area contributed by atoms with E-state index < -0.39 is 0 Å². The maximum Gasteiger partial charge on any atom is 0.255 e. The number of rotatable bonds is 5. The molecule has 1 atom stereocenters. The number of hydrogen-bond donors (Lipinski definition) is 2. The number of likely N-dealkylation sites (tertiary alicyclic amines) is 1. The van der Waals surface area contributed by atoms with Crippen LogP contribution < -0.4 is 5.32 Å². The Morgan fingerprint density at radius 2 is 2.04 bits per heavy atom. The molecular weight excluding hydrogens is 320 g/mol. The van der Waals surface area contributed by atoms with Gasteiger partial charge >= 0.3 is 0 Å². The predicted molar refractivity (Wildman–Crippen MR) is 97.5 cm³/mol. The lowest BCUT2D eigenvalue weighted by atomic mass is 9.97. The first-order valence-corrected chi connectivity index (χ1v) is 9.36. The molecule has 0 unspecified atom stereocenters. The summed E-state index contributed by atoms with van der Waals surface area (Å²) in [5.74, 6) is 0.579. The van der Waals surface area contributed by atoms with Crippen LogP contribution in [0.2, 0.25) is 0 Å². The molecule has 2 N–H and O–H groups in total. The third-order valence-corrected chi connectivity index (χ3v) is 5.71. The lowest BCUT2D eigenvalue weighted by molar-refractivity contribution is 0.0912. The van der Waals surface area contributed by atoms with E-state index in [2.05, 4.69) is 34.7 Å². The van der Waals surface area contributed by atoms with Gasteiger partial charge in [-0.15, -0.1) is 11.3 Å². The number of amides is 1. The highest BCUT2D eigenvalue weighted by Crippen LogP contribution is 2.29. The third kappa shape index (κ3) is 3.97. The van der Waals surface area contributed by atoms with E-state index in [1.165, 1.54) is 23.8 Å². The van der Waals surface area contributed by atoms with E-state index in [4.69, 9.17) is 0 Å². The second kappa shape index (κ2) is 7.81. The fourth-order valence-electron chi connectivity index (χ4n) is 3.18. The van der Waals surface area contributed by atoms with Crippen LogP contribution in [0.15, 0.2) is 41.8 Å². The summed E-state index contributed by atoms with van der Waals surface area (Å²) in [6, 6.07) is 11.1. The fourth-order valence-corrected chi connectivity index (χ4v) is 4.04. The van der Waals surface area contributed by atoms with Crippen LogP contribution in [0.5, 0.6) is 5.75 Å². The summed E-state index contributed by atoms with van der Waals surface area (Å²) in [7, 11) is 0. The summed E-state index contributed by atoms with van der Waals surface area (Å²) in [6.07, 6.45) is 2.41. The van der Waals surface area contributed by atoms with E-state index in [-0.39, 0.29) is 17.7 Å². The van der Waals surface area contributed by atoms with Crippen LogP contribution in [0.3, 0.4) is 0 Å². The zero-order valence-electron chi connectivity index (χ0n) is 13.9. The van der Waals surface area contributed by atoms with Crippen LogP contribution in [0.1, 0.15) is 41.0 Å². The normalized spacial score (nSPS) is 17.5. The van der Waals surface area contributed by atoms with E-state index >= 15 is 0 Å². The van der Waals surface area contributed by atoms with E-state index in [1.54, 1.807) is 29.5 Å². The van der Waals surface area contributed by atoms with Gasteiger partial charge in [-0.25, -0.2) is 0 Å². The van der Waals surface area contributed by atoms with E-state index in [1.807, 2.05) is 0 Å². The largest absolute Gasteiger partial charge is 0.507 e. The quantitative estimate of drug-likeness (QED) is 0.870. The first-order chi connectivity index (χ1) is 11.6. The number of para-hydroxylation sites is 1. The topological polar surface area (TPSA) is 52.6 Å². The maximum atomic E-state index is 12.4. The molecule has 2 heterocycles. The molecule has 0 saturated carbocycles. The number of hydrogen-bond acceptors (Lipinski definition) is 4. The minimum atomic E-state index is -0.222. The van der Waals surface area contributed by atoms with Crippen molar-refractivity contribution in [1.82, 2.24) is 10.2 Å². The van der Waals surface area contributed by atoms with Crippen LogP contribution in [0.25, 0.3) is 0 Å². The van der Waals surface area contributed by atoms with Crippen molar-refractivity contribution in [2.24, 2.45) is 5.92 Å². The first kappa shape index (κ1) is 17.0. The number of piperidine rings is 1. The molecule has 3 rings (SSSR count). The standard InChI is InChI=1S/C19H24N2O2S/c1-14-8-10-21(11-9-14)16(18-7-4-12-24-18)13-20-19(23)15-5-2-3-6-17(15)22/h2-7,12,14,16,22H,8-11,13H2,1H3,(H,20,23)/t16-/m0/s1. The Hall–Kier alpha value is -1.85. The Bertz CT molecular complexity index is 664. The number of carbonyl (C=O) groups excluding carboxylic acids is 1. The number of benzene rings is 1. The molecule has 1 aliphatic heterocycles. The van der Waals surface area contributed by atoms with Crippen LogP contribution in [-0.4, -0.2) is 35.5 Å². The Kier molecular flexibility index (Phi) is 5.53. The van der Waals surface area contributed by atoms with Crippen LogP contribution in [0.4, 0.5) is 0 Å². The molecule has 1 aliphatic rings. The van der Waals surface area contributed by atoms with Gasteiger partial charge in [-0.05, 0) is 55.4 Å². The molecule has 1 fully saturated rings. The Balaban J connectivity index is 1.68. The molecule has 0 spiro atoms. The van der Waals surface area contributed by atoms with Crippen molar-refractivity contribution >= 4 is 17.2 Å². The summed E-state index contributed by atoms with van der Waals surface area (Å²) in [5.41, 5.74) is 0.328. The van der Waals surface area contributed by atoms with Gasteiger partial charge in [-0.1, -0.05) is 25.1 Å². The van der Waals surface area contributed by atoms with Gasteiger partial charge < -0.3 is 10.4 Å². The maximum absolute atomic E-state index is 12.4. The molecule has 0 radical (unpaired) electrons. The van der Waals surface area contributed by atoms with Crippen LogP contribution in [0, 0.1) is 5.92 Å². The smallest absolute Gasteiger partial charge is 0.255 e. The average Bonchev–Trinajstić information content (AvgIpc) is 3.11. The number of phenols is 1. The van der Waals surface area contributed by atoms with Crippen molar-refractivity contribution in [2.75, 3.05) is 19.6 Å². The lowest BCUT2D eigenvalue weighted by Crippen LogP contribution is -2.41. The molecule has 0 aliphatic carbocycles. The summed E-state index contributed by atoms with van der Waals surface area (Å²) in [5, 5.41) is 14.9. The molecule has 0 bridgehead atoms. The van der Waals surface area contributed by atoms with E-state index in [9.17, 15) is 9.90 Å². The highest BCUT2D eigenvalue weighted by Gasteiger charge is 2.26. The Labute approximate surface area is 147 Å². The van der Waals surface area contributed by atoms with E-state index in [0.29, 0.717) is 12.1 Å². The fraction of sp³-hybridized carbons (Fsp3) is 0.421. The van der Waals surface area contributed by atoms with Gasteiger partial charge in [0, 0.05) is 11.4 Å². The summed E-state index contributed by atoms with van der Waals surface area (Å²) in [6.45, 7) is 4.99. The minimum absolute atomic E-state index is 0.0227. The molecule has 1 aromatic carbocycles. The summed E-state index contributed by atoms with van der Waals surface area (Å²) >= 11 is 1.73. The van der Waals surface area contributed by atoms with Gasteiger partial charge in [0.25, 0.3) is 5.91 Å². The second-order valence-electron chi connectivity index (χ2n) is 6.48. The number of phenolic OH excluding ortho intramolecular Hbond substituents is 1. The molecule has 1 amide bonds. The average molecular weight is 344 g/mol. The van der Waals surface area contributed by atoms with Crippen molar-refractivity contribution in [2.45, 2.75) is 25.8 Å². The van der Waals surface area contributed by atoms with Crippen molar-refractivity contribution in [3.8, 4) is 5.75 Å². The molecule has 128 valence electrons. The van der Waals surface area contributed by atoms with Crippen molar-refractivity contribution in [1.29, 1.82) is 0 Å². The molecule has 2 aromatic rings. The number of carbonyl (C=O) groups is 1. The molecule has 1 saturated heterocycles. The number of thiophene rings is 1. The van der Waals surface area contributed by atoms with Gasteiger partial charge in [-0.3, -0.25) is 9.69 Å². The minimum Gasteiger partial charge on any atom is -0.507 e. The van der Waals surface area contributed by atoms with Gasteiger partial charge in [0.05, 0.1) is 11.6 Å². The van der Waals surface area contributed by atoms with Gasteiger partial charge in [0.1, 0.15) is 5.75 Å². The summed E-state index contributed by atoms with van der Waals surface area (Å²) in [4.78, 5) is 16.1. The predicted octanol–water partition coefficient (Wildman–Crippen LogP) is 3.66. The van der Waals surface area contributed by atoms with Gasteiger partial charge in [-0.2, -0.15) is 0 Å². The molecular formula is C19H24N2O2S. The van der Waals surface area contributed by atoms with Gasteiger partial charge in [0.15, 0.2) is 0 Å². The Morgan fingerprint density at radius 3 is 2.71 bits per heavy atom. The highest BCUT2D eigenvalue weighted by atomic mass is 32.1. The first-order valence-electron chi connectivity index (χ1n) is 8.49. The third-order valence-electron chi connectivity index (χ3n) is 4.74. The second-order valence-corrected chi connectivity index (χ2v) is 7.46. The Morgan fingerprint density at radius 1 is 1.29 bits per heavy atom. The summed E-state index contributed by atoms with van der Waals surface area (Å²) < 4.78 is 0. The highest BCUT2D eigenvalue weighted by molar-refractivity contribution is 7.10. The lowest BCUT2D eigenvalue weighted by Gasteiger charge is -2.36.